The Bertz CT molecular complexity index is 452. The van der Waals surface area contributed by atoms with Crippen molar-refractivity contribution in [2.24, 2.45) is 16.6 Å². The maximum atomic E-state index is 11.4. The zero-order valence-electron chi connectivity index (χ0n) is 8.08. The fraction of sp³-hybridized carbons (Fsp3) is 0. The van der Waals surface area contributed by atoms with E-state index in [0.717, 1.165) is 0 Å². The van der Waals surface area contributed by atoms with E-state index in [9.17, 15) is 9.59 Å². The lowest BCUT2D eigenvalue weighted by Crippen LogP contribution is -2.23. The normalized spacial score (nSPS) is 9.25. The molecule has 0 bridgehead atoms. The Hall–Kier alpha value is -2.57. The van der Waals surface area contributed by atoms with Gasteiger partial charge >= 0.3 is 11.9 Å². The Labute approximate surface area is 90.3 Å². The number of aromatic carboxylic acids is 1. The lowest BCUT2D eigenvalue weighted by atomic mass is 10.1. The number of carbonyl (C=O) groups excluding carboxylic acids is 1. The molecule has 1 rings (SSSR count). The highest BCUT2D eigenvalue weighted by Crippen LogP contribution is 2.10. The molecule has 0 unspecified atom stereocenters. The SMILES string of the molecule is NC(N)=NOC(=O)c1ccccc1C(=O)O. The van der Waals surface area contributed by atoms with Crippen LogP contribution >= 0.6 is 0 Å². The Balaban J connectivity index is 2.99. The van der Waals surface area contributed by atoms with Gasteiger partial charge < -0.3 is 21.4 Å². The average molecular weight is 223 g/mol. The monoisotopic (exact) mass is 223 g/mol. The minimum absolute atomic E-state index is 0.125. The summed E-state index contributed by atoms with van der Waals surface area (Å²) >= 11 is 0. The number of benzene rings is 1. The molecule has 1 aromatic rings. The van der Waals surface area contributed by atoms with Gasteiger partial charge in [-0.05, 0) is 17.3 Å². The van der Waals surface area contributed by atoms with Crippen molar-refractivity contribution in [1.29, 1.82) is 0 Å². The summed E-state index contributed by atoms with van der Waals surface area (Å²) in [6.07, 6.45) is 0. The van der Waals surface area contributed by atoms with E-state index in [0.29, 0.717) is 0 Å². The summed E-state index contributed by atoms with van der Waals surface area (Å²) in [5.74, 6) is -2.61. The molecule has 0 radical (unpaired) electrons. The van der Waals surface area contributed by atoms with Crippen molar-refractivity contribution in [3.63, 3.8) is 0 Å². The predicted molar refractivity (Wildman–Crippen MR) is 54.6 cm³/mol. The summed E-state index contributed by atoms with van der Waals surface area (Å²) in [6, 6.07) is 5.56. The molecule has 5 N–H and O–H groups in total. The number of oxime groups is 1. The topological polar surface area (TPSA) is 128 Å². The van der Waals surface area contributed by atoms with Gasteiger partial charge in [-0.1, -0.05) is 12.1 Å². The quantitative estimate of drug-likeness (QED) is 0.280. The van der Waals surface area contributed by atoms with Crippen LogP contribution in [0.4, 0.5) is 0 Å². The zero-order chi connectivity index (χ0) is 12.1. The number of carboxylic acid groups (broad SMARTS) is 1. The number of nitrogens with two attached hydrogens (primary N) is 2. The van der Waals surface area contributed by atoms with E-state index >= 15 is 0 Å². The van der Waals surface area contributed by atoms with Crippen molar-refractivity contribution in [2.75, 3.05) is 0 Å². The first-order chi connectivity index (χ1) is 7.52. The van der Waals surface area contributed by atoms with Gasteiger partial charge in [-0.3, -0.25) is 0 Å². The molecular weight excluding hydrogens is 214 g/mol. The summed E-state index contributed by atoms with van der Waals surface area (Å²) in [5, 5.41) is 11.8. The van der Waals surface area contributed by atoms with E-state index in [1.54, 1.807) is 0 Å². The van der Waals surface area contributed by atoms with Crippen LogP contribution in [0.15, 0.2) is 29.4 Å². The summed E-state index contributed by atoms with van der Waals surface area (Å²) in [5.41, 5.74) is 9.59. The second-order valence-corrected chi connectivity index (χ2v) is 2.75. The summed E-state index contributed by atoms with van der Waals surface area (Å²) in [4.78, 5) is 26.5. The number of guanidine groups is 1. The van der Waals surface area contributed by atoms with Gasteiger partial charge in [0, 0.05) is 0 Å². The molecular formula is C9H9N3O4. The number of nitrogens with zero attached hydrogens (tertiary/aromatic N) is 1. The highest BCUT2D eigenvalue weighted by molar-refractivity contribution is 6.02. The van der Waals surface area contributed by atoms with Crippen LogP contribution in [0.25, 0.3) is 0 Å². The molecule has 0 saturated heterocycles. The second kappa shape index (κ2) is 4.78. The Morgan fingerprint density at radius 2 is 1.75 bits per heavy atom. The van der Waals surface area contributed by atoms with Gasteiger partial charge in [-0.15, -0.1) is 0 Å². The molecule has 0 fully saturated rings. The lowest BCUT2D eigenvalue weighted by Gasteiger charge is -2.02. The maximum absolute atomic E-state index is 11.4. The number of rotatable bonds is 3. The summed E-state index contributed by atoms with van der Waals surface area (Å²) in [6.45, 7) is 0. The largest absolute Gasteiger partial charge is 0.478 e. The van der Waals surface area contributed by atoms with Crippen LogP contribution in [0, 0.1) is 0 Å². The number of carbonyl (C=O) groups is 2. The molecule has 7 heteroatoms. The molecule has 0 amide bonds. The van der Waals surface area contributed by atoms with Crippen molar-refractivity contribution < 1.29 is 19.5 Å². The molecule has 7 nitrogen and oxygen atoms in total. The van der Waals surface area contributed by atoms with E-state index < -0.39 is 17.9 Å². The summed E-state index contributed by atoms with van der Waals surface area (Å²) < 4.78 is 0. The third kappa shape index (κ3) is 2.71. The van der Waals surface area contributed by atoms with Gasteiger partial charge in [0.25, 0.3) is 0 Å². The van der Waals surface area contributed by atoms with Crippen LogP contribution in [0.2, 0.25) is 0 Å². The Kier molecular flexibility index (Phi) is 3.44. The van der Waals surface area contributed by atoms with Crippen molar-refractivity contribution >= 4 is 17.9 Å². The first-order valence-corrected chi connectivity index (χ1v) is 4.15. The van der Waals surface area contributed by atoms with Crippen molar-refractivity contribution in [3.8, 4) is 0 Å². The van der Waals surface area contributed by atoms with Crippen LogP contribution in [0.5, 0.6) is 0 Å². The molecule has 0 heterocycles. The highest BCUT2D eigenvalue weighted by Gasteiger charge is 2.17. The van der Waals surface area contributed by atoms with Crippen molar-refractivity contribution in [3.05, 3.63) is 35.4 Å². The number of carboxylic acids is 1. The minimum atomic E-state index is -1.24. The highest BCUT2D eigenvalue weighted by atomic mass is 16.7. The minimum Gasteiger partial charge on any atom is -0.478 e. The average Bonchev–Trinajstić information content (AvgIpc) is 2.25. The molecule has 0 aliphatic carbocycles. The van der Waals surface area contributed by atoms with Crippen LogP contribution in [-0.4, -0.2) is 23.0 Å². The van der Waals surface area contributed by atoms with E-state index in [4.69, 9.17) is 16.6 Å². The fourth-order valence-corrected chi connectivity index (χ4v) is 0.991. The van der Waals surface area contributed by atoms with Gasteiger partial charge in [0.05, 0.1) is 11.1 Å². The van der Waals surface area contributed by atoms with Gasteiger partial charge in [0.1, 0.15) is 0 Å². The lowest BCUT2D eigenvalue weighted by molar-refractivity contribution is 0.0504. The molecule has 0 aliphatic heterocycles. The van der Waals surface area contributed by atoms with Gasteiger partial charge in [-0.2, -0.15) is 0 Å². The Morgan fingerprint density at radius 3 is 2.25 bits per heavy atom. The van der Waals surface area contributed by atoms with Crippen LogP contribution < -0.4 is 11.5 Å². The molecule has 0 atom stereocenters. The Morgan fingerprint density at radius 1 is 1.19 bits per heavy atom. The third-order valence-electron chi connectivity index (χ3n) is 1.61. The maximum Gasteiger partial charge on any atom is 0.366 e. The van der Waals surface area contributed by atoms with Gasteiger partial charge in [0.2, 0.25) is 5.96 Å². The van der Waals surface area contributed by atoms with Crippen LogP contribution in [-0.2, 0) is 4.84 Å². The van der Waals surface area contributed by atoms with E-state index in [-0.39, 0.29) is 11.1 Å². The molecule has 0 spiro atoms. The predicted octanol–water partition coefficient (Wildman–Crippen LogP) is -0.270. The summed E-state index contributed by atoms with van der Waals surface area (Å²) in [7, 11) is 0. The number of hydrogen-bond acceptors (Lipinski definition) is 4. The third-order valence-corrected chi connectivity index (χ3v) is 1.61. The fourth-order valence-electron chi connectivity index (χ4n) is 0.991. The molecule has 16 heavy (non-hydrogen) atoms. The van der Waals surface area contributed by atoms with Crippen LogP contribution in [0.3, 0.4) is 0 Å². The molecule has 0 aromatic heterocycles. The first-order valence-electron chi connectivity index (χ1n) is 4.15. The van der Waals surface area contributed by atoms with Crippen LogP contribution in [0.1, 0.15) is 20.7 Å². The number of hydrogen-bond donors (Lipinski definition) is 3. The van der Waals surface area contributed by atoms with Crippen molar-refractivity contribution in [2.45, 2.75) is 0 Å². The second-order valence-electron chi connectivity index (χ2n) is 2.75. The molecule has 84 valence electrons. The molecule has 0 saturated carbocycles. The van der Waals surface area contributed by atoms with E-state index in [1.165, 1.54) is 24.3 Å². The molecule has 1 aromatic carbocycles. The van der Waals surface area contributed by atoms with Gasteiger partial charge in [0.15, 0.2) is 0 Å². The van der Waals surface area contributed by atoms with E-state index in [1.807, 2.05) is 0 Å². The molecule has 0 aliphatic rings. The smallest absolute Gasteiger partial charge is 0.366 e. The van der Waals surface area contributed by atoms with E-state index in [2.05, 4.69) is 9.99 Å². The van der Waals surface area contributed by atoms with Crippen molar-refractivity contribution in [1.82, 2.24) is 0 Å². The van der Waals surface area contributed by atoms with Gasteiger partial charge in [-0.25, -0.2) is 9.59 Å². The standard InChI is InChI=1S/C9H9N3O4/c10-9(11)12-16-8(15)6-4-2-1-3-5(6)7(13)14/h1-4H,(H,13,14)(H4,10,11,12). The first kappa shape index (κ1) is 11.5. The zero-order valence-corrected chi connectivity index (χ0v) is 8.08.